The second-order valence-electron chi connectivity index (χ2n) is 3.70. The molecule has 0 saturated heterocycles. The van der Waals surface area contributed by atoms with Crippen molar-refractivity contribution in [1.82, 2.24) is 0 Å². The molecule has 1 atom stereocenters. The van der Waals surface area contributed by atoms with Crippen LogP contribution in [0, 0.1) is 5.92 Å². The molecular weight excluding hydrogens is 164 g/mol. The molecule has 2 rings (SSSR count). The molecule has 0 aromatic rings. The van der Waals surface area contributed by atoms with E-state index in [0.29, 0.717) is 5.92 Å². The van der Waals surface area contributed by atoms with E-state index in [0.717, 1.165) is 30.7 Å². The lowest BCUT2D eigenvalue weighted by Gasteiger charge is -2.28. The van der Waals surface area contributed by atoms with Gasteiger partial charge in [-0.15, -0.1) is 0 Å². The van der Waals surface area contributed by atoms with Crippen molar-refractivity contribution in [3.8, 4) is 0 Å². The molecule has 1 fully saturated rings. The highest BCUT2D eigenvalue weighted by Crippen LogP contribution is 2.33. The lowest BCUT2D eigenvalue weighted by atomic mass is 9.78. The van der Waals surface area contributed by atoms with Crippen molar-refractivity contribution >= 4 is 5.71 Å². The third-order valence-electron chi connectivity index (χ3n) is 2.82. The third kappa shape index (κ3) is 1.46. The minimum atomic E-state index is 0.490. The van der Waals surface area contributed by atoms with Crippen LogP contribution in [0.4, 0.5) is 0 Å². The number of fused-ring (bicyclic) bond motifs is 1. The smallest absolute Gasteiger partial charge is 0.0830 e. The summed E-state index contributed by atoms with van der Waals surface area (Å²) in [4.78, 5) is 0. The van der Waals surface area contributed by atoms with Crippen LogP contribution < -0.4 is 5.73 Å². The first kappa shape index (κ1) is 8.35. The zero-order valence-corrected chi connectivity index (χ0v) is 7.53. The zero-order chi connectivity index (χ0) is 9.26. The molecule has 0 amide bonds. The van der Waals surface area contributed by atoms with E-state index < -0.39 is 0 Å². The van der Waals surface area contributed by atoms with Crippen molar-refractivity contribution in [3.63, 3.8) is 0 Å². The Labute approximate surface area is 77.6 Å². The minimum absolute atomic E-state index is 0.490. The molecule has 2 aliphatic rings. The zero-order valence-electron chi connectivity index (χ0n) is 7.53. The number of oxime groups is 1. The van der Waals surface area contributed by atoms with Crippen LogP contribution >= 0.6 is 0 Å². The highest BCUT2D eigenvalue weighted by molar-refractivity contribution is 6.01. The fraction of sp³-hybridized carbons (Fsp3) is 0.500. The van der Waals surface area contributed by atoms with Crippen LogP contribution in [0.2, 0.25) is 0 Å². The monoisotopic (exact) mass is 178 g/mol. The van der Waals surface area contributed by atoms with Gasteiger partial charge in [0.05, 0.1) is 5.71 Å². The Hall–Kier alpha value is -1.25. The van der Waals surface area contributed by atoms with Gasteiger partial charge in [0.15, 0.2) is 0 Å². The standard InChI is InChI=1S/C10H14N2O/c11-8-4-5-9-7(6-8)2-1-3-10(9)12-13/h4-5,7,13H,1-3,6,11H2. The first-order valence-electron chi connectivity index (χ1n) is 4.69. The summed E-state index contributed by atoms with van der Waals surface area (Å²) < 4.78 is 0. The fourth-order valence-electron chi connectivity index (χ4n) is 2.15. The van der Waals surface area contributed by atoms with Crippen LogP contribution in [0.3, 0.4) is 0 Å². The van der Waals surface area contributed by atoms with Crippen LogP contribution in [0.15, 0.2) is 28.6 Å². The molecule has 0 aromatic carbocycles. The summed E-state index contributed by atoms with van der Waals surface area (Å²) in [5.41, 5.74) is 8.71. The molecule has 1 unspecified atom stereocenters. The third-order valence-corrected chi connectivity index (χ3v) is 2.82. The van der Waals surface area contributed by atoms with Gasteiger partial charge in [0, 0.05) is 5.70 Å². The molecule has 2 aliphatic carbocycles. The van der Waals surface area contributed by atoms with Crippen LogP contribution in [-0.2, 0) is 0 Å². The van der Waals surface area contributed by atoms with Gasteiger partial charge >= 0.3 is 0 Å². The van der Waals surface area contributed by atoms with Gasteiger partial charge in [-0.1, -0.05) is 11.2 Å². The van der Waals surface area contributed by atoms with Gasteiger partial charge < -0.3 is 10.9 Å². The molecule has 1 saturated carbocycles. The predicted octanol–water partition coefficient (Wildman–Crippen LogP) is 1.79. The number of allylic oxidation sites excluding steroid dienone is 4. The molecule has 3 nitrogen and oxygen atoms in total. The molecule has 13 heavy (non-hydrogen) atoms. The summed E-state index contributed by atoms with van der Waals surface area (Å²) in [5, 5.41) is 12.1. The van der Waals surface area contributed by atoms with Gasteiger partial charge in [-0.3, -0.25) is 0 Å². The van der Waals surface area contributed by atoms with E-state index in [2.05, 4.69) is 5.16 Å². The van der Waals surface area contributed by atoms with E-state index in [-0.39, 0.29) is 0 Å². The summed E-state index contributed by atoms with van der Waals surface area (Å²) in [6.45, 7) is 0. The maximum atomic E-state index is 8.79. The van der Waals surface area contributed by atoms with Gasteiger partial charge in [0.2, 0.25) is 0 Å². The van der Waals surface area contributed by atoms with Gasteiger partial charge in [0.25, 0.3) is 0 Å². The quantitative estimate of drug-likeness (QED) is 0.439. The van der Waals surface area contributed by atoms with Gasteiger partial charge in [-0.25, -0.2) is 0 Å². The summed E-state index contributed by atoms with van der Waals surface area (Å²) in [5.74, 6) is 0.490. The number of hydrogen-bond acceptors (Lipinski definition) is 3. The maximum absolute atomic E-state index is 8.79. The van der Waals surface area contributed by atoms with E-state index in [4.69, 9.17) is 10.9 Å². The van der Waals surface area contributed by atoms with Crippen molar-refractivity contribution in [2.24, 2.45) is 16.8 Å². The topological polar surface area (TPSA) is 58.6 Å². The van der Waals surface area contributed by atoms with Crippen molar-refractivity contribution in [3.05, 3.63) is 23.4 Å². The average Bonchev–Trinajstić information content (AvgIpc) is 2.16. The van der Waals surface area contributed by atoms with E-state index in [1.54, 1.807) is 0 Å². The Morgan fingerprint density at radius 3 is 3.08 bits per heavy atom. The summed E-state index contributed by atoms with van der Waals surface area (Å²) in [6, 6.07) is 0. The van der Waals surface area contributed by atoms with Crippen molar-refractivity contribution in [2.45, 2.75) is 25.7 Å². The van der Waals surface area contributed by atoms with Crippen molar-refractivity contribution in [2.75, 3.05) is 0 Å². The summed E-state index contributed by atoms with van der Waals surface area (Å²) in [7, 11) is 0. The fourth-order valence-corrected chi connectivity index (χ4v) is 2.15. The number of nitrogens with two attached hydrogens (primary N) is 1. The first-order chi connectivity index (χ1) is 6.31. The summed E-state index contributed by atoms with van der Waals surface area (Å²) >= 11 is 0. The van der Waals surface area contributed by atoms with E-state index in [9.17, 15) is 0 Å². The SMILES string of the molecule is NC1=CC=C2C(=NO)CCCC2C1. The van der Waals surface area contributed by atoms with Crippen LogP contribution in [0.5, 0.6) is 0 Å². The van der Waals surface area contributed by atoms with Crippen LogP contribution in [-0.4, -0.2) is 10.9 Å². The van der Waals surface area contributed by atoms with Crippen molar-refractivity contribution in [1.29, 1.82) is 0 Å². The second-order valence-corrected chi connectivity index (χ2v) is 3.70. The first-order valence-corrected chi connectivity index (χ1v) is 4.69. The Kier molecular flexibility index (Phi) is 2.08. The van der Waals surface area contributed by atoms with E-state index >= 15 is 0 Å². The summed E-state index contributed by atoms with van der Waals surface area (Å²) in [6.07, 6.45) is 8.01. The van der Waals surface area contributed by atoms with E-state index in [1.807, 2.05) is 12.2 Å². The van der Waals surface area contributed by atoms with Crippen molar-refractivity contribution < 1.29 is 5.21 Å². The molecular formula is C10H14N2O. The molecule has 70 valence electrons. The van der Waals surface area contributed by atoms with Gasteiger partial charge in [-0.2, -0.15) is 0 Å². The molecule has 0 spiro atoms. The largest absolute Gasteiger partial charge is 0.411 e. The number of hydrogen-bond donors (Lipinski definition) is 2. The highest BCUT2D eigenvalue weighted by Gasteiger charge is 2.26. The van der Waals surface area contributed by atoms with Crippen LogP contribution in [0.1, 0.15) is 25.7 Å². The molecule has 0 bridgehead atoms. The Morgan fingerprint density at radius 1 is 1.46 bits per heavy atom. The minimum Gasteiger partial charge on any atom is -0.411 e. The normalized spacial score (nSPS) is 30.8. The lowest BCUT2D eigenvalue weighted by Crippen LogP contribution is -2.23. The molecule has 0 aromatic heterocycles. The number of rotatable bonds is 0. The molecule has 0 aliphatic heterocycles. The maximum Gasteiger partial charge on any atom is 0.0830 e. The van der Waals surface area contributed by atoms with E-state index in [1.165, 1.54) is 12.0 Å². The predicted molar refractivity (Wildman–Crippen MR) is 51.5 cm³/mol. The number of nitrogens with zero attached hydrogens (tertiary/aromatic N) is 1. The Morgan fingerprint density at radius 2 is 2.31 bits per heavy atom. The molecule has 3 heteroatoms. The second kappa shape index (κ2) is 3.24. The van der Waals surface area contributed by atoms with Gasteiger partial charge in [-0.05, 0) is 43.3 Å². The lowest BCUT2D eigenvalue weighted by molar-refractivity contribution is 0.315. The molecule has 0 radical (unpaired) electrons. The highest BCUT2D eigenvalue weighted by atomic mass is 16.4. The Bertz CT molecular complexity index is 302. The Balaban J connectivity index is 2.30. The molecule has 3 N–H and O–H groups in total. The van der Waals surface area contributed by atoms with Gasteiger partial charge in [0.1, 0.15) is 0 Å². The average molecular weight is 178 g/mol. The van der Waals surface area contributed by atoms with Crippen LogP contribution in [0.25, 0.3) is 0 Å². The molecule has 0 heterocycles.